The van der Waals surface area contributed by atoms with Crippen molar-refractivity contribution < 1.29 is 9.59 Å². The van der Waals surface area contributed by atoms with Gasteiger partial charge in [-0.25, -0.2) is 0 Å². The van der Waals surface area contributed by atoms with Crippen LogP contribution in [0.1, 0.15) is 23.6 Å². The molecular weight excluding hydrogens is 314 g/mol. The van der Waals surface area contributed by atoms with E-state index >= 15 is 0 Å². The van der Waals surface area contributed by atoms with E-state index in [-0.39, 0.29) is 18.4 Å². The van der Waals surface area contributed by atoms with E-state index in [9.17, 15) is 9.59 Å². The van der Waals surface area contributed by atoms with Gasteiger partial charge < -0.3 is 9.80 Å². The molecule has 2 rings (SSSR count). The molecule has 0 bridgehead atoms. The second-order valence-electron chi connectivity index (χ2n) is 6.27. The molecule has 0 fully saturated rings. The highest BCUT2D eigenvalue weighted by Crippen LogP contribution is 2.24. The first-order valence-electron chi connectivity index (χ1n) is 8.37. The molecule has 1 aromatic heterocycles. The minimum absolute atomic E-state index is 0.0495. The van der Waals surface area contributed by atoms with Crippen molar-refractivity contribution in [3.63, 3.8) is 0 Å². The molecular formula is C20H25N3O2. The molecule has 2 amide bonds. The van der Waals surface area contributed by atoms with Gasteiger partial charge in [-0.1, -0.05) is 18.2 Å². The predicted molar refractivity (Wildman–Crippen MR) is 99.5 cm³/mol. The van der Waals surface area contributed by atoms with Crippen LogP contribution in [0.25, 0.3) is 0 Å². The minimum Gasteiger partial charge on any atom is -0.344 e. The zero-order valence-corrected chi connectivity index (χ0v) is 15.3. The molecule has 0 saturated carbocycles. The molecule has 0 atom stereocenters. The first kappa shape index (κ1) is 18.6. The highest BCUT2D eigenvalue weighted by molar-refractivity contribution is 5.98. The molecule has 1 aromatic carbocycles. The lowest BCUT2D eigenvalue weighted by Gasteiger charge is -2.27. The summed E-state index contributed by atoms with van der Waals surface area (Å²) in [5.74, 6) is -0.208. The number of benzene rings is 1. The van der Waals surface area contributed by atoms with Crippen LogP contribution in [0.15, 0.2) is 42.7 Å². The van der Waals surface area contributed by atoms with Crippen LogP contribution in [0.4, 0.5) is 5.69 Å². The van der Waals surface area contributed by atoms with Gasteiger partial charge in [-0.3, -0.25) is 14.6 Å². The third kappa shape index (κ3) is 4.89. The Bertz CT molecular complexity index is 724. The fourth-order valence-corrected chi connectivity index (χ4v) is 2.81. The Morgan fingerprint density at radius 1 is 1.04 bits per heavy atom. The number of aryl methyl sites for hydroxylation is 2. The minimum atomic E-state index is -0.131. The molecule has 0 radical (unpaired) electrons. The zero-order chi connectivity index (χ0) is 18.4. The predicted octanol–water partition coefficient (Wildman–Crippen LogP) is 2.75. The van der Waals surface area contributed by atoms with Gasteiger partial charge >= 0.3 is 0 Å². The van der Waals surface area contributed by atoms with Crippen LogP contribution >= 0.6 is 0 Å². The molecule has 5 nitrogen and oxygen atoms in total. The van der Waals surface area contributed by atoms with Crippen molar-refractivity contribution >= 4 is 17.5 Å². The summed E-state index contributed by atoms with van der Waals surface area (Å²) in [6, 6.07) is 9.74. The van der Waals surface area contributed by atoms with Gasteiger partial charge in [0.05, 0.1) is 5.69 Å². The van der Waals surface area contributed by atoms with Gasteiger partial charge in [0.1, 0.15) is 6.54 Å². The highest BCUT2D eigenvalue weighted by Gasteiger charge is 2.21. The van der Waals surface area contributed by atoms with E-state index in [0.29, 0.717) is 6.54 Å². The van der Waals surface area contributed by atoms with Gasteiger partial charge in [-0.05, 0) is 49.1 Å². The topological polar surface area (TPSA) is 53.5 Å². The Balaban J connectivity index is 2.06. The maximum Gasteiger partial charge on any atom is 0.242 e. The largest absolute Gasteiger partial charge is 0.344 e. The van der Waals surface area contributed by atoms with Crippen LogP contribution in [-0.4, -0.2) is 41.8 Å². The number of hydrogen-bond donors (Lipinski definition) is 0. The Morgan fingerprint density at radius 3 is 2.20 bits per heavy atom. The maximum atomic E-state index is 12.6. The van der Waals surface area contributed by atoms with Crippen LogP contribution in [-0.2, 0) is 16.0 Å². The molecule has 0 aliphatic carbocycles. The summed E-state index contributed by atoms with van der Waals surface area (Å²) in [7, 11) is 1.77. The number of nitrogens with zero attached hydrogens (tertiary/aromatic N) is 3. The summed E-state index contributed by atoms with van der Waals surface area (Å²) in [6.07, 6.45) is 4.25. The van der Waals surface area contributed by atoms with Crippen molar-refractivity contribution in [3.8, 4) is 0 Å². The quantitative estimate of drug-likeness (QED) is 0.813. The Labute approximate surface area is 149 Å². The highest BCUT2D eigenvalue weighted by atomic mass is 16.2. The second-order valence-corrected chi connectivity index (χ2v) is 6.27. The number of para-hydroxylation sites is 1. The van der Waals surface area contributed by atoms with Gasteiger partial charge in [0.15, 0.2) is 0 Å². The molecule has 0 spiro atoms. The first-order valence-corrected chi connectivity index (χ1v) is 8.37. The summed E-state index contributed by atoms with van der Waals surface area (Å²) in [5, 5.41) is 0. The van der Waals surface area contributed by atoms with E-state index in [0.717, 1.165) is 28.8 Å². The van der Waals surface area contributed by atoms with Crippen molar-refractivity contribution in [2.45, 2.75) is 27.2 Å². The lowest BCUT2D eigenvalue weighted by atomic mass is 10.1. The smallest absolute Gasteiger partial charge is 0.242 e. The van der Waals surface area contributed by atoms with E-state index in [2.05, 4.69) is 4.98 Å². The van der Waals surface area contributed by atoms with Crippen LogP contribution in [0.5, 0.6) is 0 Å². The molecule has 5 heteroatoms. The zero-order valence-electron chi connectivity index (χ0n) is 15.3. The Kier molecular flexibility index (Phi) is 6.28. The number of carbonyl (C=O) groups excluding carboxylic acids is 2. The third-order valence-corrected chi connectivity index (χ3v) is 4.29. The molecule has 0 aliphatic heterocycles. The summed E-state index contributed by atoms with van der Waals surface area (Å²) < 4.78 is 0. The number of likely N-dealkylation sites (N-methyl/N-ethyl adjacent to an activating group) is 1. The molecule has 2 aromatic rings. The van der Waals surface area contributed by atoms with Crippen molar-refractivity contribution in [1.29, 1.82) is 0 Å². The molecule has 0 N–H and O–H groups in total. The molecule has 0 saturated heterocycles. The monoisotopic (exact) mass is 339 g/mol. The van der Waals surface area contributed by atoms with Gasteiger partial charge in [0.25, 0.3) is 0 Å². The van der Waals surface area contributed by atoms with Gasteiger partial charge in [0.2, 0.25) is 11.8 Å². The molecule has 0 aliphatic rings. The number of anilines is 1. The number of hydrogen-bond acceptors (Lipinski definition) is 3. The summed E-state index contributed by atoms with van der Waals surface area (Å²) in [6.45, 7) is 6.05. The van der Waals surface area contributed by atoms with Crippen LogP contribution in [0.2, 0.25) is 0 Å². The third-order valence-electron chi connectivity index (χ3n) is 4.29. The lowest BCUT2D eigenvalue weighted by molar-refractivity contribution is -0.130. The summed E-state index contributed by atoms with van der Waals surface area (Å²) in [5.41, 5.74) is 3.93. The van der Waals surface area contributed by atoms with Crippen LogP contribution in [0.3, 0.4) is 0 Å². The Morgan fingerprint density at radius 2 is 1.64 bits per heavy atom. The first-order chi connectivity index (χ1) is 11.9. The molecule has 1 heterocycles. The van der Waals surface area contributed by atoms with E-state index in [1.165, 1.54) is 6.92 Å². The van der Waals surface area contributed by atoms with Crippen molar-refractivity contribution in [1.82, 2.24) is 9.88 Å². The number of carbonyl (C=O) groups is 2. The van der Waals surface area contributed by atoms with Gasteiger partial charge in [-0.15, -0.1) is 0 Å². The van der Waals surface area contributed by atoms with E-state index in [1.54, 1.807) is 29.2 Å². The average molecular weight is 339 g/mol. The van der Waals surface area contributed by atoms with Crippen molar-refractivity contribution in [2.75, 3.05) is 25.0 Å². The SMILES string of the molecule is CC(=O)N(CC(=O)N(C)CCc1ccncc1)c1c(C)cccc1C. The number of pyridine rings is 1. The molecule has 0 unspecified atom stereocenters. The van der Waals surface area contributed by atoms with Crippen LogP contribution in [0, 0.1) is 13.8 Å². The fraction of sp³-hybridized carbons (Fsp3) is 0.350. The van der Waals surface area contributed by atoms with Gasteiger partial charge in [-0.2, -0.15) is 0 Å². The summed E-state index contributed by atoms with van der Waals surface area (Å²) >= 11 is 0. The standard InChI is InChI=1S/C20H25N3O2/c1-15-6-5-7-16(2)20(15)23(17(3)24)14-19(25)22(4)13-10-18-8-11-21-12-9-18/h5-9,11-12H,10,13-14H2,1-4H3. The van der Waals surface area contributed by atoms with Crippen molar-refractivity contribution in [2.24, 2.45) is 0 Å². The van der Waals surface area contributed by atoms with Crippen molar-refractivity contribution in [3.05, 3.63) is 59.4 Å². The Hall–Kier alpha value is -2.69. The number of rotatable bonds is 6. The number of aromatic nitrogens is 1. The molecule has 25 heavy (non-hydrogen) atoms. The maximum absolute atomic E-state index is 12.6. The normalized spacial score (nSPS) is 10.4. The average Bonchev–Trinajstić information content (AvgIpc) is 2.59. The van der Waals surface area contributed by atoms with E-state index in [4.69, 9.17) is 0 Å². The fourth-order valence-electron chi connectivity index (χ4n) is 2.81. The van der Waals surface area contributed by atoms with Crippen LogP contribution < -0.4 is 4.90 Å². The number of amides is 2. The van der Waals surface area contributed by atoms with E-state index in [1.807, 2.05) is 44.2 Å². The molecule has 132 valence electrons. The van der Waals surface area contributed by atoms with Gasteiger partial charge in [0, 0.05) is 32.9 Å². The van der Waals surface area contributed by atoms with E-state index < -0.39 is 0 Å². The lowest BCUT2D eigenvalue weighted by Crippen LogP contribution is -2.42. The second kappa shape index (κ2) is 8.42. The summed E-state index contributed by atoms with van der Waals surface area (Å²) in [4.78, 5) is 32.0.